The zero-order valence-corrected chi connectivity index (χ0v) is 8.52. The molecule has 1 amide bonds. The van der Waals surface area contributed by atoms with Gasteiger partial charge in [0.25, 0.3) is 0 Å². The molecule has 15 heavy (non-hydrogen) atoms. The van der Waals surface area contributed by atoms with Crippen molar-refractivity contribution in [2.75, 3.05) is 6.54 Å². The van der Waals surface area contributed by atoms with Gasteiger partial charge >= 0.3 is 0 Å². The summed E-state index contributed by atoms with van der Waals surface area (Å²) in [6, 6.07) is 9.22. The summed E-state index contributed by atoms with van der Waals surface area (Å²) >= 11 is 0. The average molecular weight is 199 g/mol. The van der Waals surface area contributed by atoms with Crippen molar-refractivity contribution in [3.63, 3.8) is 0 Å². The van der Waals surface area contributed by atoms with Crippen molar-refractivity contribution in [1.29, 1.82) is 0 Å². The van der Waals surface area contributed by atoms with Gasteiger partial charge in [-0.15, -0.1) is 0 Å². The fourth-order valence-corrected chi connectivity index (χ4v) is 3.85. The minimum atomic E-state index is 0.377. The molecule has 3 aliphatic rings. The number of hydrogen-bond donors (Lipinski definition) is 0. The molecule has 76 valence electrons. The molecule has 2 nitrogen and oxygen atoms in total. The molecule has 1 aromatic rings. The number of carbonyl (C=O) groups excluding carboxylic acids is 1. The standard InChI is InChI=1S/C13H13NO/c15-12-7-11-9-4-2-1-3-8(9)10-5-6-14(12)13(10)11/h1-4,10-11,13H,5-7H2/t10-,11+,13-/m0/s1. The molecular formula is C13H13NO. The van der Waals surface area contributed by atoms with Crippen molar-refractivity contribution in [2.45, 2.75) is 30.7 Å². The lowest BCUT2D eigenvalue weighted by Crippen LogP contribution is -2.28. The highest BCUT2D eigenvalue weighted by Crippen LogP contribution is 2.54. The number of fused-ring (bicyclic) bond motifs is 3. The fourth-order valence-electron chi connectivity index (χ4n) is 3.85. The Balaban J connectivity index is 1.93. The number of benzene rings is 1. The first-order chi connectivity index (χ1) is 7.36. The van der Waals surface area contributed by atoms with Gasteiger partial charge in [0.2, 0.25) is 5.91 Å². The van der Waals surface area contributed by atoms with Crippen molar-refractivity contribution in [3.05, 3.63) is 35.4 Å². The summed E-state index contributed by atoms with van der Waals surface area (Å²) in [6.07, 6.45) is 1.92. The molecule has 4 rings (SSSR count). The fraction of sp³-hybridized carbons (Fsp3) is 0.462. The summed E-state index contributed by atoms with van der Waals surface area (Å²) in [7, 11) is 0. The smallest absolute Gasteiger partial charge is 0.223 e. The molecule has 1 aromatic carbocycles. The second-order valence-electron chi connectivity index (χ2n) is 4.91. The molecular weight excluding hydrogens is 186 g/mol. The van der Waals surface area contributed by atoms with E-state index in [-0.39, 0.29) is 0 Å². The van der Waals surface area contributed by atoms with Gasteiger partial charge in [0.1, 0.15) is 0 Å². The van der Waals surface area contributed by atoms with Crippen LogP contribution in [0.15, 0.2) is 24.3 Å². The Morgan fingerprint density at radius 1 is 1.13 bits per heavy atom. The molecule has 3 atom stereocenters. The Bertz CT molecular complexity index is 454. The van der Waals surface area contributed by atoms with E-state index in [0.29, 0.717) is 23.8 Å². The Hall–Kier alpha value is -1.31. The van der Waals surface area contributed by atoms with E-state index in [9.17, 15) is 4.79 Å². The van der Waals surface area contributed by atoms with Crippen LogP contribution >= 0.6 is 0 Å². The summed E-state index contributed by atoms with van der Waals surface area (Å²) in [4.78, 5) is 13.9. The largest absolute Gasteiger partial charge is 0.338 e. The highest BCUT2D eigenvalue weighted by Gasteiger charge is 2.53. The SMILES string of the molecule is O=C1C[C@@H]2c3ccccc3[C@@H]3CCN1[C@H]23. The molecule has 2 fully saturated rings. The van der Waals surface area contributed by atoms with Gasteiger partial charge < -0.3 is 4.90 Å². The van der Waals surface area contributed by atoms with Gasteiger partial charge in [0.15, 0.2) is 0 Å². The Morgan fingerprint density at radius 2 is 1.87 bits per heavy atom. The molecule has 2 heterocycles. The summed E-state index contributed by atoms with van der Waals surface area (Å²) in [6.45, 7) is 0.985. The van der Waals surface area contributed by atoms with Gasteiger partial charge in [-0.2, -0.15) is 0 Å². The molecule has 0 saturated carbocycles. The third kappa shape index (κ3) is 0.796. The molecule has 0 spiro atoms. The Labute approximate surface area is 88.9 Å². The summed E-state index contributed by atoms with van der Waals surface area (Å²) in [5.41, 5.74) is 2.96. The van der Waals surface area contributed by atoms with Crippen LogP contribution in [-0.2, 0) is 4.79 Å². The second kappa shape index (κ2) is 2.43. The van der Waals surface area contributed by atoms with E-state index in [1.165, 1.54) is 17.5 Å². The van der Waals surface area contributed by atoms with E-state index in [2.05, 4.69) is 29.2 Å². The van der Waals surface area contributed by atoms with E-state index in [1.54, 1.807) is 0 Å². The van der Waals surface area contributed by atoms with Crippen LogP contribution in [0.1, 0.15) is 35.8 Å². The van der Waals surface area contributed by atoms with Crippen molar-refractivity contribution in [1.82, 2.24) is 4.90 Å². The van der Waals surface area contributed by atoms with Gasteiger partial charge in [0.05, 0.1) is 0 Å². The zero-order chi connectivity index (χ0) is 9.99. The van der Waals surface area contributed by atoms with Gasteiger partial charge in [-0.1, -0.05) is 24.3 Å². The van der Waals surface area contributed by atoms with Crippen LogP contribution in [0, 0.1) is 0 Å². The van der Waals surface area contributed by atoms with Crippen LogP contribution in [-0.4, -0.2) is 23.4 Å². The molecule has 0 aromatic heterocycles. The predicted molar refractivity (Wildman–Crippen MR) is 56.7 cm³/mol. The second-order valence-corrected chi connectivity index (χ2v) is 4.91. The van der Waals surface area contributed by atoms with Crippen LogP contribution in [0.2, 0.25) is 0 Å². The number of nitrogens with zero attached hydrogens (tertiary/aromatic N) is 1. The normalized spacial score (nSPS) is 35.9. The van der Waals surface area contributed by atoms with E-state index in [0.717, 1.165) is 13.0 Å². The maximum atomic E-state index is 11.8. The summed E-state index contributed by atoms with van der Waals surface area (Å²) < 4.78 is 0. The minimum Gasteiger partial charge on any atom is -0.338 e. The van der Waals surface area contributed by atoms with Crippen molar-refractivity contribution in [2.24, 2.45) is 0 Å². The maximum absolute atomic E-state index is 11.8. The molecule has 0 bridgehead atoms. The van der Waals surface area contributed by atoms with Crippen LogP contribution < -0.4 is 0 Å². The Morgan fingerprint density at radius 3 is 2.67 bits per heavy atom. The lowest BCUT2D eigenvalue weighted by molar-refractivity contribution is -0.127. The molecule has 2 aliphatic heterocycles. The van der Waals surface area contributed by atoms with E-state index in [1.807, 2.05) is 0 Å². The van der Waals surface area contributed by atoms with Crippen LogP contribution in [0.25, 0.3) is 0 Å². The number of carbonyl (C=O) groups is 1. The lowest BCUT2D eigenvalue weighted by atomic mass is 9.96. The lowest BCUT2D eigenvalue weighted by Gasteiger charge is -2.17. The molecule has 0 N–H and O–H groups in total. The van der Waals surface area contributed by atoms with E-state index >= 15 is 0 Å². The molecule has 0 radical (unpaired) electrons. The van der Waals surface area contributed by atoms with Crippen molar-refractivity contribution >= 4 is 5.91 Å². The first-order valence-electron chi connectivity index (χ1n) is 5.74. The van der Waals surface area contributed by atoms with Crippen LogP contribution in [0.3, 0.4) is 0 Å². The maximum Gasteiger partial charge on any atom is 0.223 e. The van der Waals surface area contributed by atoms with Crippen molar-refractivity contribution in [3.8, 4) is 0 Å². The first-order valence-corrected chi connectivity index (χ1v) is 5.74. The topological polar surface area (TPSA) is 20.3 Å². The zero-order valence-electron chi connectivity index (χ0n) is 8.52. The summed E-state index contributed by atoms with van der Waals surface area (Å²) in [5, 5.41) is 0. The number of amides is 1. The molecule has 2 heteroatoms. The number of hydrogen-bond acceptors (Lipinski definition) is 1. The third-order valence-electron chi connectivity index (χ3n) is 4.38. The average Bonchev–Trinajstić information content (AvgIpc) is 2.86. The van der Waals surface area contributed by atoms with Gasteiger partial charge in [-0.05, 0) is 17.5 Å². The van der Waals surface area contributed by atoms with Gasteiger partial charge in [-0.3, -0.25) is 4.79 Å². The number of rotatable bonds is 0. The van der Waals surface area contributed by atoms with Gasteiger partial charge in [-0.25, -0.2) is 0 Å². The highest BCUT2D eigenvalue weighted by atomic mass is 16.2. The van der Waals surface area contributed by atoms with Gasteiger partial charge in [0, 0.05) is 30.8 Å². The quantitative estimate of drug-likeness (QED) is 0.624. The van der Waals surface area contributed by atoms with E-state index in [4.69, 9.17) is 0 Å². The monoisotopic (exact) mass is 199 g/mol. The molecule has 1 aliphatic carbocycles. The van der Waals surface area contributed by atoms with Crippen LogP contribution in [0.5, 0.6) is 0 Å². The molecule has 0 unspecified atom stereocenters. The highest BCUT2D eigenvalue weighted by molar-refractivity contribution is 5.82. The molecule has 2 saturated heterocycles. The Kier molecular flexibility index (Phi) is 1.28. The minimum absolute atomic E-state index is 0.377. The van der Waals surface area contributed by atoms with E-state index < -0.39 is 0 Å². The summed E-state index contributed by atoms with van der Waals surface area (Å²) in [5.74, 6) is 1.51. The van der Waals surface area contributed by atoms with Crippen LogP contribution in [0.4, 0.5) is 0 Å². The first kappa shape index (κ1) is 7.91. The third-order valence-corrected chi connectivity index (χ3v) is 4.38. The van der Waals surface area contributed by atoms with Crippen molar-refractivity contribution < 1.29 is 4.79 Å². The predicted octanol–water partition coefficient (Wildman–Crippen LogP) is 1.87.